The van der Waals surface area contributed by atoms with Crippen molar-refractivity contribution in [2.75, 3.05) is 41.9 Å². The average molecular weight is 377 g/mol. The largest absolute Gasteiger partial charge is 0.497 e. The van der Waals surface area contributed by atoms with Gasteiger partial charge >= 0.3 is 0 Å². The Bertz CT molecular complexity index is 667. The van der Waals surface area contributed by atoms with Gasteiger partial charge in [0.15, 0.2) is 5.96 Å². The van der Waals surface area contributed by atoms with Crippen LogP contribution in [0.5, 0.6) is 11.5 Å². The van der Waals surface area contributed by atoms with Gasteiger partial charge in [0.25, 0.3) is 0 Å². The Labute approximate surface area is 162 Å². The van der Waals surface area contributed by atoms with Crippen LogP contribution in [0.15, 0.2) is 23.2 Å². The Morgan fingerprint density at radius 3 is 2.44 bits per heavy atom. The van der Waals surface area contributed by atoms with Gasteiger partial charge in [0, 0.05) is 45.9 Å². The molecule has 1 aliphatic carbocycles. The van der Waals surface area contributed by atoms with Crippen molar-refractivity contribution in [3.63, 3.8) is 0 Å². The maximum Gasteiger partial charge on any atom is 0.230 e. The van der Waals surface area contributed by atoms with Gasteiger partial charge in [-0.1, -0.05) is 12.8 Å². The van der Waals surface area contributed by atoms with Crippen molar-refractivity contribution >= 4 is 11.9 Å². The number of guanidine groups is 1. The van der Waals surface area contributed by atoms with Crippen LogP contribution in [0.4, 0.5) is 0 Å². The number of rotatable bonds is 7. The molecule has 7 nitrogen and oxygen atoms in total. The van der Waals surface area contributed by atoms with Crippen molar-refractivity contribution < 1.29 is 14.3 Å². The van der Waals surface area contributed by atoms with E-state index in [1.807, 2.05) is 32.3 Å². The first-order chi connectivity index (χ1) is 13.0. The van der Waals surface area contributed by atoms with Crippen LogP contribution < -0.4 is 20.1 Å². The molecule has 0 aliphatic heterocycles. The Morgan fingerprint density at radius 1 is 1.19 bits per heavy atom. The number of ether oxygens (including phenoxy) is 2. The first kappa shape index (κ1) is 20.9. The molecule has 1 amide bonds. The summed E-state index contributed by atoms with van der Waals surface area (Å²) in [6, 6.07) is 5.72. The summed E-state index contributed by atoms with van der Waals surface area (Å²) in [5, 5.41) is 6.64. The Balaban J connectivity index is 1.99. The summed E-state index contributed by atoms with van der Waals surface area (Å²) >= 11 is 0. The molecule has 7 heteroatoms. The van der Waals surface area contributed by atoms with E-state index in [0.717, 1.165) is 42.7 Å². The van der Waals surface area contributed by atoms with Gasteiger partial charge in [-0.3, -0.25) is 9.79 Å². The average Bonchev–Trinajstić information content (AvgIpc) is 3.17. The Kier molecular flexibility index (Phi) is 7.33. The number of hydrogen-bond donors (Lipinski definition) is 2. The second-order valence-corrected chi connectivity index (χ2v) is 7.14. The summed E-state index contributed by atoms with van der Waals surface area (Å²) in [6.45, 7) is 1.14. The lowest BCUT2D eigenvalue weighted by Crippen LogP contribution is -2.49. The van der Waals surface area contributed by atoms with Crippen molar-refractivity contribution in [3.05, 3.63) is 23.8 Å². The number of carbonyl (C=O) groups excluding carboxylic acids is 1. The molecule has 2 N–H and O–H groups in total. The number of amides is 1. The third kappa shape index (κ3) is 5.05. The van der Waals surface area contributed by atoms with Crippen LogP contribution in [0.3, 0.4) is 0 Å². The van der Waals surface area contributed by atoms with E-state index >= 15 is 0 Å². The summed E-state index contributed by atoms with van der Waals surface area (Å²) in [7, 11) is 8.65. The van der Waals surface area contributed by atoms with Crippen LogP contribution in [0.25, 0.3) is 0 Å². The number of methoxy groups -OCH3 is 2. The van der Waals surface area contributed by atoms with E-state index in [1.54, 1.807) is 26.2 Å². The van der Waals surface area contributed by atoms with Gasteiger partial charge in [0.2, 0.25) is 5.91 Å². The highest BCUT2D eigenvalue weighted by molar-refractivity contribution is 5.85. The highest BCUT2D eigenvalue weighted by Gasteiger charge is 2.42. The molecule has 0 radical (unpaired) electrons. The molecule has 1 aromatic carbocycles. The molecule has 0 spiro atoms. The van der Waals surface area contributed by atoms with E-state index in [4.69, 9.17) is 9.47 Å². The standard InChI is InChI=1S/C20H32N4O3/c1-21-19(22-13-15-8-9-16(26-4)12-17(15)27-5)23-14-20(10-6-7-11-20)18(25)24(2)3/h8-9,12H,6-7,10-11,13-14H2,1-5H3,(H2,21,22,23). The first-order valence-corrected chi connectivity index (χ1v) is 9.33. The fourth-order valence-corrected chi connectivity index (χ4v) is 3.64. The number of carbonyl (C=O) groups is 1. The van der Waals surface area contributed by atoms with Gasteiger partial charge in [0.05, 0.1) is 19.6 Å². The first-order valence-electron chi connectivity index (χ1n) is 9.33. The van der Waals surface area contributed by atoms with Gasteiger partial charge in [-0.2, -0.15) is 0 Å². The van der Waals surface area contributed by atoms with Gasteiger partial charge in [0.1, 0.15) is 11.5 Å². The number of aliphatic imine (C=N–C) groups is 1. The van der Waals surface area contributed by atoms with Crippen molar-refractivity contribution in [1.82, 2.24) is 15.5 Å². The Hall–Kier alpha value is -2.44. The molecule has 1 saturated carbocycles. The minimum Gasteiger partial charge on any atom is -0.497 e. The second-order valence-electron chi connectivity index (χ2n) is 7.14. The highest BCUT2D eigenvalue weighted by Crippen LogP contribution is 2.38. The summed E-state index contributed by atoms with van der Waals surface area (Å²) in [5.74, 6) is 2.38. The molecule has 27 heavy (non-hydrogen) atoms. The van der Waals surface area contributed by atoms with Gasteiger partial charge in [-0.25, -0.2) is 0 Å². The topological polar surface area (TPSA) is 75.2 Å². The van der Waals surface area contributed by atoms with E-state index in [-0.39, 0.29) is 11.3 Å². The normalized spacial score (nSPS) is 16.0. The van der Waals surface area contributed by atoms with E-state index in [2.05, 4.69) is 15.6 Å². The maximum absolute atomic E-state index is 12.7. The number of hydrogen-bond acceptors (Lipinski definition) is 4. The molecule has 0 unspecified atom stereocenters. The van der Waals surface area contributed by atoms with Crippen molar-refractivity contribution in [2.45, 2.75) is 32.2 Å². The SMILES string of the molecule is CN=C(NCc1ccc(OC)cc1OC)NCC1(C(=O)N(C)C)CCCC1. The monoisotopic (exact) mass is 376 g/mol. The van der Waals surface area contributed by atoms with Crippen LogP contribution in [0, 0.1) is 5.41 Å². The Morgan fingerprint density at radius 2 is 1.89 bits per heavy atom. The zero-order chi connectivity index (χ0) is 19.9. The van der Waals surface area contributed by atoms with Crippen LogP contribution >= 0.6 is 0 Å². The smallest absolute Gasteiger partial charge is 0.230 e. The minimum atomic E-state index is -0.334. The molecule has 0 saturated heterocycles. The van der Waals surface area contributed by atoms with Crippen LogP contribution in [-0.2, 0) is 11.3 Å². The fourth-order valence-electron chi connectivity index (χ4n) is 3.64. The van der Waals surface area contributed by atoms with E-state index in [0.29, 0.717) is 19.0 Å². The predicted molar refractivity (Wildman–Crippen MR) is 107 cm³/mol. The molecule has 0 bridgehead atoms. The molecule has 0 aromatic heterocycles. The summed E-state index contributed by atoms with van der Waals surface area (Å²) in [4.78, 5) is 18.7. The van der Waals surface area contributed by atoms with Crippen molar-refractivity contribution in [1.29, 1.82) is 0 Å². The van der Waals surface area contributed by atoms with Gasteiger partial charge in [-0.15, -0.1) is 0 Å². The van der Waals surface area contributed by atoms with Crippen LogP contribution in [0.2, 0.25) is 0 Å². The molecular formula is C20H32N4O3. The fraction of sp³-hybridized carbons (Fsp3) is 0.600. The molecular weight excluding hydrogens is 344 g/mol. The molecule has 150 valence electrons. The van der Waals surface area contributed by atoms with E-state index < -0.39 is 0 Å². The number of nitrogens with zero attached hydrogens (tertiary/aromatic N) is 2. The lowest BCUT2D eigenvalue weighted by atomic mass is 9.84. The highest BCUT2D eigenvalue weighted by atomic mass is 16.5. The van der Waals surface area contributed by atoms with E-state index in [1.165, 1.54) is 0 Å². The minimum absolute atomic E-state index is 0.194. The summed E-state index contributed by atoms with van der Waals surface area (Å²) in [5.41, 5.74) is 0.667. The van der Waals surface area contributed by atoms with Gasteiger partial charge in [-0.05, 0) is 25.0 Å². The predicted octanol–water partition coefficient (Wildman–Crippen LogP) is 2.02. The lowest BCUT2D eigenvalue weighted by Gasteiger charge is -2.31. The van der Waals surface area contributed by atoms with E-state index in [9.17, 15) is 4.79 Å². The van der Waals surface area contributed by atoms with Crippen LogP contribution in [-0.4, -0.2) is 58.7 Å². The number of nitrogens with one attached hydrogen (secondary N) is 2. The molecule has 1 aliphatic rings. The third-order valence-electron chi connectivity index (χ3n) is 5.18. The molecule has 0 atom stereocenters. The quantitative estimate of drug-likeness (QED) is 0.562. The molecule has 2 rings (SSSR count). The summed E-state index contributed by atoms with van der Waals surface area (Å²) in [6.07, 6.45) is 4.02. The summed E-state index contributed by atoms with van der Waals surface area (Å²) < 4.78 is 10.7. The van der Waals surface area contributed by atoms with Crippen LogP contribution in [0.1, 0.15) is 31.2 Å². The number of benzene rings is 1. The lowest BCUT2D eigenvalue weighted by molar-refractivity contribution is -0.138. The van der Waals surface area contributed by atoms with Gasteiger partial charge < -0.3 is 25.0 Å². The zero-order valence-electron chi connectivity index (χ0n) is 17.1. The maximum atomic E-state index is 12.7. The second kappa shape index (κ2) is 9.48. The van der Waals surface area contributed by atoms with Crippen molar-refractivity contribution in [2.24, 2.45) is 10.4 Å². The molecule has 1 fully saturated rings. The van der Waals surface area contributed by atoms with Crippen molar-refractivity contribution in [3.8, 4) is 11.5 Å². The molecule has 1 aromatic rings. The molecule has 0 heterocycles. The third-order valence-corrected chi connectivity index (χ3v) is 5.18. The zero-order valence-corrected chi connectivity index (χ0v) is 17.1.